The van der Waals surface area contributed by atoms with Crippen LogP contribution >= 0.6 is 0 Å². The minimum absolute atomic E-state index is 0.224. The molecule has 0 aliphatic rings. The highest BCUT2D eigenvalue weighted by atomic mass is 16.5. The van der Waals surface area contributed by atoms with Gasteiger partial charge in [-0.15, -0.1) is 0 Å². The van der Waals surface area contributed by atoms with Crippen LogP contribution < -0.4 is 5.32 Å². The molecule has 0 radical (unpaired) electrons. The summed E-state index contributed by atoms with van der Waals surface area (Å²) in [6.07, 6.45) is 4.94. The predicted octanol–water partition coefficient (Wildman–Crippen LogP) is 1.61. The number of nitrogens with one attached hydrogen (secondary N) is 1. The minimum Gasteiger partial charge on any atom is -0.377 e. The Hall–Kier alpha value is -0.870. The van der Waals surface area contributed by atoms with Gasteiger partial charge in [0, 0.05) is 38.5 Å². The summed E-state index contributed by atoms with van der Waals surface area (Å²) >= 11 is 0. The van der Waals surface area contributed by atoms with E-state index in [0.717, 1.165) is 18.9 Å². The molecule has 0 saturated carbocycles. The van der Waals surface area contributed by atoms with E-state index >= 15 is 0 Å². The predicted molar refractivity (Wildman–Crippen MR) is 70.0 cm³/mol. The smallest absolute Gasteiger partial charge is 0.110 e. The van der Waals surface area contributed by atoms with E-state index < -0.39 is 0 Å². The number of hydrogen-bond donors (Lipinski definition) is 1. The average molecular weight is 239 g/mol. The van der Waals surface area contributed by atoms with Gasteiger partial charge in [0.2, 0.25) is 0 Å². The molecule has 17 heavy (non-hydrogen) atoms. The van der Waals surface area contributed by atoms with E-state index in [2.05, 4.69) is 28.7 Å². The molecule has 4 nitrogen and oxygen atoms in total. The van der Waals surface area contributed by atoms with Crippen molar-refractivity contribution in [3.8, 4) is 0 Å². The Morgan fingerprint density at radius 3 is 2.59 bits per heavy atom. The summed E-state index contributed by atoms with van der Waals surface area (Å²) in [7, 11) is 4.02. The van der Waals surface area contributed by atoms with Crippen molar-refractivity contribution in [2.45, 2.75) is 39.3 Å². The van der Waals surface area contributed by atoms with Crippen molar-refractivity contribution in [3.05, 3.63) is 18.2 Å². The summed E-state index contributed by atoms with van der Waals surface area (Å²) in [6, 6.07) is 0.302. The number of hydrogen-bond acceptors (Lipinski definition) is 3. The summed E-state index contributed by atoms with van der Waals surface area (Å²) in [6.45, 7) is 7.19. The highest BCUT2D eigenvalue weighted by Crippen LogP contribution is 2.14. The number of nitrogens with zero attached hydrogens (tertiary/aromatic N) is 2. The van der Waals surface area contributed by atoms with Gasteiger partial charge in [-0.05, 0) is 19.9 Å². The fourth-order valence-electron chi connectivity index (χ4n) is 2.14. The number of likely N-dealkylation sites (N-methyl/N-ethyl adjacent to an activating group) is 1. The summed E-state index contributed by atoms with van der Waals surface area (Å²) < 4.78 is 7.91. The molecule has 0 aromatic carbocycles. The molecule has 2 unspecified atom stereocenters. The van der Waals surface area contributed by atoms with Crippen LogP contribution in [0.2, 0.25) is 0 Å². The Kier molecular flexibility index (Phi) is 5.65. The molecule has 0 amide bonds. The lowest BCUT2D eigenvalue weighted by molar-refractivity contribution is 0.00479. The molecule has 1 heterocycles. The number of imidazole rings is 1. The molecule has 0 bridgehead atoms. The van der Waals surface area contributed by atoms with Crippen LogP contribution in [0.15, 0.2) is 12.4 Å². The van der Waals surface area contributed by atoms with Crippen LogP contribution in [0.5, 0.6) is 0 Å². The number of aromatic nitrogens is 2. The van der Waals surface area contributed by atoms with Crippen molar-refractivity contribution in [3.63, 3.8) is 0 Å². The van der Waals surface area contributed by atoms with Gasteiger partial charge in [-0.3, -0.25) is 0 Å². The van der Waals surface area contributed by atoms with Crippen LogP contribution in [0.4, 0.5) is 0 Å². The summed E-state index contributed by atoms with van der Waals surface area (Å²) in [4.78, 5) is 4.37. The second kappa shape index (κ2) is 6.77. The second-order valence-electron chi connectivity index (χ2n) is 4.72. The van der Waals surface area contributed by atoms with Gasteiger partial charge >= 0.3 is 0 Å². The highest BCUT2D eigenvalue weighted by Gasteiger charge is 2.25. The molecule has 0 fully saturated rings. The average Bonchev–Trinajstić information content (AvgIpc) is 2.69. The van der Waals surface area contributed by atoms with E-state index in [9.17, 15) is 0 Å². The number of aryl methyl sites for hydroxylation is 1. The van der Waals surface area contributed by atoms with Gasteiger partial charge in [0.05, 0.1) is 6.10 Å². The fraction of sp³-hybridized carbons (Fsp3) is 0.769. The van der Waals surface area contributed by atoms with E-state index in [4.69, 9.17) is 4.74 Å². The Morgan fingerprint density at radius 1 is 1.47 bits per heavy atom. The third-order valence-electron chi connectivity index (χ3n) is 3.11. The Bertz CT molecular complexity index is 322. The molecule has 0 aliphatic carbocycles. The van der Waals surface area contributed by atoms with Gasteiger partial charge in [-0.25, -0.2) is 4.98 Å². The maximum atomic E-state index is 5.85. The molecule has 2 atom stereocenters. The van der Waals surface area contributed by atoms with Crippen molar-refractivity contribution in [1.29, 1.82) is 0 Å². The van der Waals surface area contributed by atoms with Gasteiger partial charge in [-0.1, -0.05) is 13.8 Å². The van der Waals surface area contributed by atoms with Crippen molar-refractivity contribution in [1.82, 2.24) is 14.9 Å². The molecule has 1 aromatic rings. The molecule has 4 heteroatoms. The van der Waals surface area contributed by atoms with Crippen molar-refractivity contribution in [2.75, 3.05) is 13.7 Å². The molecule has 1 N–H and O–H groups in total. The maximum absolute atomic E-state index is 5.85. The van der Waals surface area contributed by atoms with Gasteiger partial charge in [0.25, 0.3) is 0 Å². The number of rotatable bonds is 7. The second-order valence-corrected chi connectivity index (χ2v) is 4.72. The van der Waals surface area contributed by atoms with Crippen molar-refractivity contribution < 1.29 is 4.74 Å². The lowest BCUT2D eigenvalue weighted by Gasteiger charge is -2.29. The Labute approximate surface area is 104 Å². The summed E-state index contributed by atoms with van der Waals surface area (Å²) in [5.41, 5.74) is 0. The minimum atomic E-state index is 0.224. The largest absolute Gasteiger partial charge is 0.377 e. The van der Waals surface area contributed by atoms with Gasteiger partial charge < -0.3 is 14.6 Å². The molecule has 1 aromatic heterocycles. The molecule has 98 valence electrons. The first-order chi connectivity index (χ1) is 8.10. The van der Waals surface area contributed by atoms with Gasteiger partial charge in [0.15, 0.2) is 0 Å². The van der Waals surface area contributed by atoms with Crippen LogP contribution in [0.25, 0.3) is 0 Å². The fourth-order valence-corrected chi connectivity index (χ4v) is 2.14. The first kappa shape index (κ1) is 14.2. The first-order valence-electron chi connectivity index (χ1n) is 6.35. The third-order valence-corrected chi connectivity index (χ3v) is 3.11. The van der Waals surface area contributed by atoms with Gasteiger partial charge in [-0.2, -0.15) is 0 Å². The first-order valence-corrected chi connectivity index (χ1v) is 6.35. The summed E-state index contributed by atoms with van der Waals surface area (Å²) in [5, 5.41) is 3.36. The highest BCUT2D eigenvalue weighted by molar-refractivity contribution is 4.96. The maximum Gasteiger partial charge on any atom is 0.110 e. The third kappa shape index (κ3) is 3.82. The normalized spacial score (nSPS) is 15.2. The van der Waals surface area contributed by atoms with Crippen LogP contribution in [-0.2, 0) is 18.2 Å². The monoisotopic (exact) mass is 239 g/mol. The van der Waals surface area contributed by atoms with Crippen molar-refractivity contribution in [2.24, 2.45) is 13.0 Å². The van der Waals surface area contributed by atoms with E-state index in [1.807, 2.05) is 33.4 Å². The molecule has 1 rings (SSSR count). The lowest BCUT2D eigenvalue weighted by atomic mass is 9.96. The zero-order valence-electron chi connectivity index (χ0n) is 11.6. The van der Waals surface area contributed by atoms with E-state index in [-0.39, 0.29) is 6.10 Å². The van der Waals surface area contributed by atoms with E-state index in [0.29, 0.717) is 12.0 Å². The molecule has 0 saturated heterocycles. The Balaban J connectivity index is 2.72. The van der Waals surface area contributed by atoms with Crippen LogP contribution in [0.1, 0.15) is 26.6 Å². The van der Waals surface area contributed by atoms with Crippen molar-refractivity contribution >= 4 is 0 Å². The van der Waals surface area contributed by atoms with E-state index in [1.165, 1.54) is 0 Å². The SMILES string of the molecule is CCOC(C(C)C)C(Cc1nccn1C)NC. The van der Waals surface area contributed by atoms with Gasteiger partial charge in [0.1, 0.15) is 5.82 Å². The molecule has 0 spiro atoms. The van der Waals surface area contributed by atoms with Crippen LogP contribution in [0, 0.1) is 5.92 Å². The topological polar surface area (TPSA) is 39.1 Å². The zero-order valence-corrected chi connectivity index (χ0v) is 11.6. The quantitative estimate of drug-likeness (QED) is 0.786. The Morgan fingerprint density at radius 2 is 2.18 bits per heavy atom. The van der Waals surface area contributed by atoms with Crippen LogP contribution in [0.3, 0.4) is 0 Å². The molecular weight excluding hydrogens is 214 g/mol. The molecule has 0 aliphatic heterocycles. The number of ether oxygens (including phenoxy) is 1. The van der Waals surface area contributed by atoms with E-state index in [1.54, 1.807) is 0 Å². The summed E-state index contributed by atoms with van der Waals surface area (Å²) in [5.74, 6) is 1.59. The molecular formula is C13H25N3O. The lowest BCUT2D eigenvalue weighted by Crippen LogP contribution is -2.44. The van der Waals surface area contributed by atoms with Crippen LogP contribution in [-0.4, -0.2) is 35.4 Å². The standard InChI is InChI=1S/C13H25N3O/c1-6-17-13(10(2)3)11(14-4)9-12-15-7-8-16(12)5/h7-8,10-11,13-14H,6,9H2,1-5H3. The zero-order chi connectivity index (χ0) is 12.8.